The molecule has 1 amide bonds. The molecule has 100 valence electrons. The lowest BCUT2D eigenvalue weighted by Gasteiger charge is -2.14. The normalized spacial score (nSPS) is 12.2. The van der Waals surface area contributed by atoms with Crippen molar-refractivity contribution in [3.63, 3.8) is 0 Å². The van der Waals surface area contributed by atoms with Gasteiger partial charge in [0.05, 0.1) is 15.3 Å². The molecule has 1 heterocycles. The standard InChI is InChI=1S/C15H16ClNOS/c1-3-11-4-6-12(7-5-11)10(2)17-15(18)13-8-9-14(16)19-13/h4-10H,3H2,1-2H3,(H,17,18). The summed E-state index contributed by atoms with van der Waals surface area (Å²) in [5.74, 6) is -0.0797. The number of halogens is 1. The number of rotatable bonds is 4. The second-order valence-corrected chi connectivity index (χ2v) is 6.11. The predicted octanol–water partition coefficient (Wildman–Crippen LogP) is 4.45. The Balaban J connectivity index is 2.03. The van der Waals surface area contributed by atoms with Crippen molar-refractivity contribution in [2.75, 3.05) is 0 Å². The molecule has 0 bridgehead atoms. The highest BCUT2D eigenvalue weighted by atomic mass is 35.5. The van der Waals surface area contributed by atoms with Crippen LogP contribution in [0.2, 0.25) is 4.34 Å². The zero-order valence-corrected chi connectivity index (χ0v) is 12.5. The van der Waals surface area contributed by atoms with Gasteiger partial charge in [-0.25, -0.2) is 0 Å². The third-order valence-corrected chi connectivity index (χ3v) is 4.26. The Labute approximate surface area is 122 Å². The maximum absolute atomic E-state index is 12.0. The van der Waals surface area contributed by atoms with Crippen LogP contribution in [0.4, 0.5) is 0 Å². The van der Waals surface area contributed by atoms with Crippen LogP contribution >= 0.6 is 22.9 Å². The van der Waals surface area contributed by atoms with Gasteiger partial charge in [-0.1, -0.05) is 42.8 Å². The average molecular weight is 294 g/mol. The molecule has 1 N–H and O–H groups in total. The van der Waals surface area contributed by atoms with E-state index in [4.69, 9.17) is 11.6 Å². The first kappa shape index (κ1) is 14.1. The van der Waals surface area contributed by atoms with Gasteiger partial charge in [0.15, 0.2) is 0 Å². The summed E-state index contributed by atoms with van der Waals surface area (Å²) in [6.07, 6.45) is 1.02. The number of benzene rings is 1. The van der Waals surface area contributed by atoms with Crippen LogP contribution in [-0.2, 0) is 6.42 Å². The first-order valence-electron chi connectivity index (χ1n) is 6.25. The van der Waals surface area contributed by atoms with Gasteiger partial charge < -0.3 is 5.32 Å². The van der Waals surface area contributed by atoms with Gasteiger partial charge in [0.25, 0.3) is 5.91 Å². The molecule has 1 unspecified atom stereocenters. The van der Waals surface area contributed by atoms with Crippen molar-refractivity contribution in [1.82, 2.24) is 5.32 Å². The van der Waals surface area contributed by atoms with Crippen molar-refractivity contribution < 1.29 is 4.79 Å². The van der Waals surface area contributed by atoms with E-state index in [0.29, 0.717) is 9.21 Å². The van der Waals surface area contributed by atoms with Crippen LogP contribution in [0.25, 0.3) is 0 Å². The lowest BCUT2D eigenvalue weighted by Crippen LogP contribution is -2.25. The molecule has 0 spiro atoms. The van der Waals surface area contributed by atoms with E-state index in [9.17, 15) is 4.79 Å². The van der Waals surface area contributed by atoms with Crippen LogP contribution in [-0.4, -0.2) is 5.91 Å². The largest absolute Gasteiger partial charge is 0.345 e. The molecule has 0 aliphatic heterocycles. The smallest absolute Gasteiger partial charge is 0.261 e. The predicted molar refractivity (Wildman–Crippen MR) is 81.0 cm³/mol. The molecule has 2 aromatic rings. The Kier molecular flexibility index (Phi) is 4.61. The van der Waals surface area contributed by atoms with Gasteiger partial charge in [-0.05, 0) is 36.6 Å². The highest BCUT2D eigenvalue weighted by Gasteiger charge is 2.13. The van der Waals surface area contributed by atoms with Crippen molar-refractivity contribution in [1.29, 1.82) is 0 Å². The second-order valence-electron chi connectivity index (χ2n) is 4.39. The Morgan fingerprint density at radius 1 is 1.26 bits per heavy atom. The van der Waals surface area contributed by atoms with Gasteiger partial charge in [-0.2, -0.15) is 0 Å². The summed E-state index contributed by atoms with van der Waals surface area (Å²) in [4.78, 5) is 12.6. The molecule has 1 aromatic carbocycles. The SMILES string of the molecule is CCc1ccc(C(C)NC(=O)c2ccc(Cl)s2)cc1. The van der Waals surface area contributed by atoms with Crippen LogP contribution in [0.1, 0.15) is 40.7 Å². The van der Waals surface area contributed by atoms with E-state index in [0.717, 1.165) is 12.0 Å². The zero-order valence-electron chi connectivity index (χ0n) is 10.9. The van der Waals surface area contributed by atoms with Crippen molar-refractivity contribution in [2.24, 2.45) is 0 Å². The van der Waals surface area contributed by atoms with Gasteiger partial charge >= 0.3 is 0 Å². The van der Waals surface area contributed by atoms with Crippen molar-refractivity contribution in [3.05, 3.63) is 56.7 Å². The van der Waals surface area contributed by atoms with E-state index in [-0.39, 0.29) is 11.9 Å². The van der Waals surface area contributed by atoms with Crippen molar-refractivity contribution in [2.45, 2.75) is 26.3 Å². The molecule has 2 rings (SSSR count). The van der Waals surface area contributed by atoms with Crippen LogP contribution < -0.4 is 5.32 Å². The minimum absolute atomic E-state index is 0.0146. The molecule has 0 fully saturated rings. The van der Waals surface area contributed by atoms with Crippen molar-refractivity contribution >= 4 is 28.8 Å². The van der Waals surface area contributed by atoms with Crippen LogP contribution in [0.15, 0.2) is 36.4 Å². The molecule has 0 saturated carbocycles. The molecule has 0 radical (unpaired) electrons. The van der Waals surface area contributed by atoms with Gasteiger partial charge in [0.2, 0.25) is 0 Å². The fourth-order valence-corrected chi connectivity index (χ4v) is 2.78. The monoisotopic (exact) mass is 293 g/mol. The fourth-order valence-electron chi connectivity index (χ4n) is 1.83. The highest BCUT2D eigenvalue weighted by Crippen LogP contribution is 2.22. The number of aryl methyl sites for hydroxylation is 1. The maximum atomic E-state index is 12.0. The second kappa shape index (κ2) is 6.22. The molecule has 0 saturated heterocycles. The van der Waals surface area contributed by atoms with Gasteiger partial charge in [0.1, 0.15) is 0 Å². The van der Waals surface area contributed by atoms with Gasteiger partial charge in [-0.15, -0.1) is 11.3 Å². The van der Waals surface area contributed by atoms with Crippen LogP contribution in [0, 0.1) is 0 Å². The number of nitrogens with one attached hydrogen (secondary N) is 1. The summed E-state index contributed by atoms with van der Waals surface area (Å²) in [5, 5.41) is 2.98. The molecular formula is C15H16ClNOS. The van der Waals surface area contributed by atoms with E-state index in [1.54, 1.807) is 12.1 Å². The summed E-state index contributed by atoms with van der Waals surface area (Å²) in [6, 6.07) is 11.8. The summed E-state index contributed by atoms with van der Waals surface area (Å²) < 4.78 is 0.630. The number of hydrogen-bond acceptors (Lipinski definition) is 2. The average Bonchev–Trinajstić information content (AvgIpc) is 2.85. The molecule has 1 aromatic heterocycles. The van der Waals surface area contributed by atoms with E-state index in [1.165, 1.54) is 16.9 Å². The minimum atomic E-state index is -0.0797. The summed E-state index contributed by atoms with van der Waals surface area (Å²) >= 11 is 7.12. The van der Waals surface area contributed by atoms with Crippen LogP contribution in [0.5, 0.6) is 0 Å². The molecule has 4 heteroatoms. The van der Waals surface area contributed by atoms with E-state index < -0.39 is 0 Å². The highest BCUT2D eigenvalue weighted by molar-refractivity contribution is 7.17. The van der Waals surface area contributed by atoms with E-state index in [2.05, 4.69) is 36.5 Å². The lowest BCUT2D eigenvalue weighted by molar-refractivity contribution is 0.0944. The molecule has 0 aliphatic rings. The zero-order chi connectivity index (χ0) is 13.8. The maximum Gasteiger partial charge on any atom is 0.261 e. The summed E-state index contributed by atoms with van der Waals surface area (Å²) in [7, 11) is 0. The minimum Gasteiger partial charge on any atom is -0.345 e. The van der Waals surface area contributed by atoms with Crippen molar-refractivity contribution in [3.8, 4) is 0 Å². The Morgan fingerprint density at radius 3 is 2.47 bits per heavy atom. The quantitative estimate of drug-likeness (QED) is 0.886. The summed E-state index contributed by atoms with van der Waals surface area (Å²) in [6.45, 7) is 4.11. The van der Waals surface area contributed by atoms with E-state index in [1.807, 2.05) is 6.92 Å². The van der Waals surface area contributed by atoms with Gasteiger partial charge in [0, 0.05) is 0 Å². The lowest BCUT2D eigenvalue weighted by atomic mass is 10.0. The molecule has 2 nitrogen and oxygen atoms in total. The van der Waals surface area contributed by atoms with Crippen LogP contribution in [0.3, 0.4) is 0 Å². The number of amides is 1. The molecular weight excluding hydrogens is 278 g/mol. The fraction of sp³-hybridized carbons (Fsp3) is 0.267. The molecule has 19 heavy (non-hydrogen) atoms. The first-order chi connectivity index (χ1) is 9.10. The van der Waals surface area contributed by atoms with E-state index >= 15 is 0 Å². The first-order valence-corrected chi connectivity index (χ1v) is 7.44. The number of hydrogen-bond donors (Lipinski definition) is 1. The third kappa shape index (κ3) is 3.58. The summed E-state index contributed by atoms with van der Waals surface area (Å²) in [5.41, 5.74) is 2.40. The Bertz CT molecular complexity index is 562. The topological polar surface area (TPSA) is 29.1 Å². The Morgan fingerprint density at radius 2 is 1.95 bits per heavy atom. The third-order valence-electron chi connectivity index (χ3n) is 3.03. The number of carbonyl (C=O) groups is 1. The number of thiophene rings is 1. The Hall–Kier alpha value is -1.32. The molecule has 1 atom stereocenters. The molecule has 0 aliphatic carbocycles. The number of carbonyl (C=O) groups excluding carboxylic acids is 1. The van der Waals surface area contributed by atoms with Gasteiger partial charge in [-0.3, -0.25) is 4.79 Å².